The molecule has 0 spiro atoms. The number of anilines is 3. The monoisotopic (exact) mass is 421 g/mol. The van der Waals surface area contributed by atoms with Crippen molar-refractivity contribution in [1.29, 1.82) is 0 Å². The van der Waals surface area contributed by atoms with Crippen molar-refractivity contribution >= 4 is 38.9 Å². The number of carbonyl (C=O) groups excluding carboxylic acids is 2. The highest BCUT2D eigenvalue weighted by Gasteiger charge is 2.32. The first-order valence-electron chi connectivity index (χ1n) is 8.66. The van der Waals surface area contributed by atoms with E-state index in [-0.39, 0.29) is 28.8 Å². The minimum Gasteiger partial charge on any atom is -0.490 e. The number of benzene rings is 2. The molecule has 0 saturated carbocycles. The van der Waals surface area contributed by atoms with E-state index in [1.165, 1.54) is 37.3 Å². The van der Waals surface area contributed by atoms with Crippen LogP contribution in [0.1, 0.15) is 20.8 Å². The van der Waals surface area contributed by atoms with Crippen LogP contribution in [0.3, 0.4) is 0 Å². The standard InChI is InChI=1S/C19H20FN3O5S/c1-11(24)21-15-6-5-13(9-14(15)20)29(26,27)23-12-4-7-17-16(8-12)22-18(25)19(2,3)10-28-17/h4-9,23H,10H2,1-3H3,(H,21,24)(H,22,25). The Morgan fingerprint density at radius 1 is 1.21 bits per heavy atom. The Morgan fingerprint density at radius 2 is 1.93 bits per heavy atom. The highest BCUT2D eigenvalue weighted by atomic mass is 32.2. The molecule has 1 aliphatic heterocycles. The molecule has 0 bridgehead atoms. The zero-order valence-electron chi connectivity index (χ0n) is 16.0. The largest absolute Gasteiger partial charge is 0.490 e. The van der Waals surface area contributed by atoms with Crippen LogP contribution >= 0.6 is 0 Å². The molecule has 0 atom stereocenters. The fourth-order valence-electron chi connectivity index (χ4n) is 2.60. The van der Waals surface area contributed by atoms with Gasteiger partial charge in [0.25, 0.3) is 10.0 Å². The average molecular weight is 421 g/mol. The van der Waals surface area contributed by atoms with Crippen LogP contribution in [0, 0.1) is 11.2 Å². The molecule has 1 heterocycles. The van der Waals surface area contributed by atoms with E-state index < -0.39 is 27.2 Å². The van der Waals surface area contributed by atoms with E-state index in [1.54, 1.807) is 13.8 Å². The molecule has 10 heteroatoms. The van der Waals surface area contributed by atoms with Gasteiger partial charge in [0.1, 0.15) is 18.2 Å². The molecule has 3 rings (SSSR count). The molecule has 2 aromatic rings. The molecule has 8 nitrogen and oxygen atoms in total. The lowest BCUT2D eigenvalue weighted by Gasteiger charge is -2.18. The van der Waals surface area contributed by atoms with Gasteiger partial charge in [-0.15, -0.1) is 0 Å². The third kappa shape index (κ3) is 4.48. The Balaban J connectivity index is 1.86. The molecule has 29 heavy (non-hydrogen) atoms. The Hall–Kier alpha value is -3.14. The fraction of sp³-hybridized carbons (Fsp3) is 0.263. The van der Waals surface area contributed by atoms with Crippen LogP contribution in [0.2, 0.25) is 0 Å². The normalized spacial score (nSPS) is 15.4. The lowest BCUT2D eigenvalue weighted by molar-refractivity contribution is -0.125. The van der Waals surface area contributed by atoms with Crippen LogP contribution in [0.25, 0.3) is 0 Å². The number of sulfonamides is 1. The highest BCUT2D eigenvalue weighted by Crippen LogP contribution is 2.34. The van der Waals surface area contributed by atoms with E-state index >= 15 is 0 Å². The Morgan fingerprint density at radius 3 is 2.59 bits per heavy atom. The number of halogens is 1. The number of rotatable bonds is 4. The van der Waals surface area contributed by atoms with E-state index in [9.17, 15) is 22.4 Å². The van der Waals surface area contributed by atoms with Crippen LogP contribution in [-0.4, -0.2) is 26.8 Å². The van der Waals surface area contributed by atoms with E-state index in [0.717, 1.165) is 6.07 Å². The topological polar surface area (TPSA) is 114 Å². The first kappa shape index (κ1) is 20.6. The van der Waals surface area contributed by atoms with Gasteiger partial charge in [-0.25, -0.2) is 12.8 Å². The minimum atomic E-state index is -4.11. The van der Waals surface area contributed by atoms with Gasteiger partial charge in [0.2, 0.25) is 11.8 Å². The molecular formula is C19H20FN3O5S. The number of ether oxygens (including phenoxy) is 1. The van der Waals surface area contributed by atoms with Gasteiger partial charge in [-0.3, -0.25) is 14.3 Å². The summed E-state index contributed by atoms with van der Waals surface area (Å²) in [6.45, 7) is 4.86. The van der Waals surface area contributed by atoms with Gasteiger partial charge < -0.3 is 15.4 Å². The Kier molecular flexibility index (Phi) is 5.22. The van der Waals surface area contributed by atoms with Crippen LogP contribution in [0.15, 0.2) is 41.3 Å². The van der Waals surface area contributed by atoms with E-state index in [2.05, 4.69) is 15.4 Å². The van der Waals surface area contributed by atoms with Crippen molar-refractivity contribution in [2.45, 2.75) is 25.7 Å². The van der Waals surface area contributed by atoms with Crippen molar-refractivity contribution < 1.29 is 27.1 Å². The molecule has 0 radical (unpaired) electrons. The third-order valence-electron chi connectivity index (χ3n) is 4.24. The molecule has 0 saturated heterocycles. The summed E-state index contributed by atoms with van der Waals surface area (Å²) in [5.74, 6) is -1.20. The highest BCUT2D eigenvalue weighted by molar-refractivity contribution is 7.92. The number of amides is 2. The van der Waals surface area contributed by atoms with Gasteiger partial charge in [0.15, 0.2) is 0 Å². The Labute approximate surface area is 167 Å². The molecule has 2 amide bonds. The van der Waals surface area contributed by atoms with Crippen LogP contribution in [0.4, 0.5) is 21.5 Å². The van der Waals surface area contributed by atoms with Gasteiger partial charge in [0, 0.05) is 6.92 Å². The van der Waals surface area contributed by atoms with Crippen LogP contribution < -0.4 is 20.1 Å². The summed E-state index contributed by atoms with van der Waals surface area (Å²) >= 11 is 0. The van der Waals surface area contributed by atoms with Gasteiger partial charge in [0.05, 0.1) is 27.4 Å². The molecule has 0 aromatic heterocycles. The summed E-state index contributed by atoms with van der Waals surface area (Å²) in [6, 6.07) is 7.59. The summed E-state index contributed by atoms with van der Waals surface area (Å²) < 4.78 is 47.3. The van der Waals surface area contributed by atoms with Crippen molar-refractivity contribution in [3.8, 4) is 5.75 Å². The van der Waals surface area contributed by atoms with Gasteiger partial charge >= 0.3 is 0 Å². The van der Waals surface area contributed by atoms with Crippen molar-refractivity contribution in [3.05, 3.63) is 42.2 Å². The molecule has 3 N–H and O–H groups in total. The lowest BCUT2D eigenvalue weighted by Crippen LogP contribution is -2.33. The van der Waals surface area contributed by atoms with Gasteiger partial charge in [-0.2, -0.15) is 0 Å². The number of hydrogen-bond donors (Lipinski definition) is 3. The number of nitrogens with one attached hydrogen (secondary N) is 3. The maximum absolute atomic E-state index is 14.1. The van der Waals surface area contributed by atoms with Crippen molar-refractivity contribution in [1.82, 2.24) is 0 Å². The van der Waals surface area contributed by atoms with Crippen molar-refractivity contribution in [2.75, 3.05) is 22.0 Å². The predicted octanol–water partition coefficient (Wildman–Crippen LogP) is 2.94. The fourth-order valence-corrected chi connectivity index (χ4v) is 3.66. The second-order valence-corrected chi connectivity index (χ2v) is 8.95. The summed E-state index contributed by atoms with van der Waals surface area (Å²) in [4.78, 5) is 23.0. The van der Waals surface area contributed by atoms with Crippen LogP contribution in [0.5, 0.6) is 5.75 Å². The van der Waals surface area contributed by atoms with Crippen molar-refractivity contribution in [2.24, 2.45) is 5.41 Å². The van der Waals surface area contributed by atoms with E-state index in [0.29, 0.717) is 11.4 Å². The van der Waals surface area contributed by atoms with Gasteiger partial charge in [-0.05, 0) is 50.2 Å². The van der Waals surface area contributed by atoms with Gasteiger partial charge in [-0.1, -0.05) is 0 Å². The summed E-state index contributed by atoms with van der Waals surface area (Å²) in [5, 5.41) is 4.98. The smallest absolute Gasteiger partial charge is 0.261 e. The second kappa shape index (κ2) is 7.36. The molecule has 0 fully saturated rings. The summed E-state index contributed by atoms with van der Waals surface area (Å²) in [5.41, 5.74) is -0.373. The summed E-state index contributed by atoms with van der Waals surface area (Å²) in [6.07, 6.45) is 0. The molecule has 2 aromatic carbocycles. The molecule has 0 unspecified atom stereocenters. The van der Waals surface area contributed by atoms with E-state index in [1.807, 2.05) is 0 Å². The third-order valence-corrected chi connectivity index (χ3v) is 5.62. The minimum absolute atomic E-state index is 0.121. The molecular weight excluding hydrogens is 401 g/mol. The first-order chi connectivity index (χ1) is 13.5. The zero-order valence-corrected chi connectivity index (χ0v) is 16.8. The Bertz CT molecular complexity index is 1100. The molecule has 154 valence electrons. The molecule has 0 aliphatic carbocycles. The number of hydrogen-bond acceptors (Lipinski definition) is 5. The maximum Gasteiger partial charge on any atom is 0.261 e. The number of fused-ring (bicyclic) bond motifs is 1. The quantitative estimate of drug-likeness (QED) is 0.702. The van der Waals surface area contributed by atoms with Crippen molar-refractivity contribution in [3.63, 3.8) is 0 Å². The zero-order chi connectivity index (χ0) is 21.4. The van der Waals surface area contributed by atoms with E-state index in [4.69, 9.17) is 4.74 Å². The second-order valence-electron chi connectivity index (χ2n) is 7.27. The lowest BCUT2D eigenvalue weighted by atomic mass is 9.94. The first-order valence-corrected chi connectivity index (χ1v) is 10.1. The molecule has 1 aliphatic rings. The predicted molar refractivity (Wildman–Crippen MR) is 106 cm³/mol. The number of carbonyl (C=O) groups is 2. The van der Waals surface area contributed by atoms with Crippen LogP contribution in [-0.2, 0) is 19.6 Å². The summed E-state index contributed by atoms with van der Waals surface area (Å²) in [7, 11) is -4.11. The maximum atomic E-state index is 14.1. The SMILES string of the molecule is CC(=O)Nc1ccc(S(=O)(=O)Nc2ccc3c(c2)NC(=O)C(C)(C)CO3)cc1F. The average Bonchev–Trinajstić information content (AvgIpc) is 2.72.